The molecule has 27 heavy (non-hydrogen) atoms. The van der Waals surface area contributed by atoms with E-state index in [-0.39, 0.29) is 5.91 Å². The molecule has 7 nitrogen and oxygen atoms in total. The monoisotopic (exact) mass is 449 g/mol. The Morgan fingerprint density at radius 3 is 2.70 bits per heavy atom. The highest BCUT2D eigenvalue weighted by atomic mass is 79.9. The fraction of sp³-hybridized carbons (Fsp3) is 0.167. The Hall–Kier alpha value is -2.58. The van der Waals surface area contributed by atoms with E-state index in [1.54, 1.807) is 36.4 Å². The van der Waals surface area contributed by atoms with E-state index in [1.807, 2.05) is 24.2 Å². The molecule has 1 atom stereocenters. The molecular weight excluding hydrogens is 434 g/mol. The maximum atomic E-state index is 12.9. The first-order valence-corrected chi connectivity index (χ1v) is 9.22. The zero-order chi connectivity index (χ0) is 19.6. The molecule has 0 spiro atoms. The van der Waals surface area contributed by atoms with Crippen LogP contribution < -0.4 is 10.6 Å². The summed E-state index contributed by atoms with van der Waals surface area (Å²) in [6.07, 6.45) is 4.97. The summed E-state index contributed by atoms with van der Waals surface area (Å²) in [5, 5.41) is 10.2. The number of aromatic nitrogens is 2. The van der Waals surface area contributed by atoms with E-state index in [2.05, 4.69) is 31.7 Å². The number of nitrogens with one attached hydrogen (secondary N) is 2. The molecule has 140 valence electrons. The molecule has 2 aromatic rings. The SMILES string of the molecule is CNC(=O)c1ccccc1NC(=O)c1cc(Br)nn1C1C(Cl)=CC=CN1C. The Morgan fingerprint density at radius 1 is 1.26 bits per heavy atom. The minimum atomic E-state index is -0.446. The number of halogens is 2. The predicted molar refractivity (Wildman–Crippen MR) is 108 cm³/mol. The van der Waals surface area contributed by atoms with Gasteiger partial charge in [0.1, 0.15) is 10.3 Å². The van der Waals surface area contributed by atoms with Crippen LogP contribution in [-0.4, -0.2) is 40.6 Å². The van der Waals surface area contributed by atoms with Gasteiger partial charge in [0.15, 0.2) is 6.17 Å². The van der Waals surface area contributed by atoms with Gasteiger partial charge in [-0.05, 0) is 40.2 Å². The number of amides is 2. The van der Waals surface area contributed by atoms with Crippen LogP contribution in [-0.2, 0) is 0 Å². The van der Waals surface area contributed by atoms with Gasteiger partial charge in [0.2, 0.25) is 0 Å². The van der Waals surface area contributed by atoms with E-state index in [1.165, 1.54) is 11.7 Å². The average molecular weight is 451 g/mol. The van der Waals surface area contributed by atoms with Crippen molar-refractivity contribution >= 4 is 45.0 Å². The van der Waals surface area contributed by atoms with Crippen molar-refractivity contribution in [3.05, 3.63) is 69.6 Å². The molecule has 0 saturated heterocycles. The number of carbonyl (C=O) groups is 2. The van der Waals surface area contributed by atoms with Crippen LogP contribution in [0.2, 0.25) is 0 Å². The molecule has 2 N–H and O–H groups in total. The van der Waals surface area contributed by atoms with Crippen LogP contribution >= 0.6 is 27.5 Å². The Balaban J connectivity index is 1.95. The van der Waals surface area contributed by atoms with Gasteiger partial charge in [-0.3, -0.25) is 9.59 Å². The first kappa shape index (κ1) is 19.2. The van der Waals surface area contributed by atoms with Gasteiger partial charge in [-0.25, -0.2) is 4.68 Å². The highest BCUT2D eigenvalue weighted by molar-refractivity contribution is 9.10. The minimum absolute atomic E-state index is 0.288. The van der Waals surface area contributed by atoms with E-state index in [0.29, 0.717) is 26.6 Å². The zero-order valence-corrected chi connectivity index (χ0v) is 17.0. The molecule has 1 aromatic carbocycles. The molecule has 0 bridgehead atoms. The van der Waals surface area contributed by atoms with Gasteiger partial charge in [-0.1, -0.05) is 23.7 Å². The number of para-hydroxylation sites is 1. The molecule has 1 unspecified atom stereocenters. The van der Waals surface area contributed by atoms with Gasteiger partial charge in [0.25, 0.3) is 11.8 Å². The van der Waals surface area contributed by atoms with Gasteiger partial charge in [-0.2, -0.15) is 5.10 Å². The van der Waals surface area contributed by atoms with Crippen LogP contribution in [0.15, 0.2) is 58.3 Å². The van der Waals surface area contributed by atoms with Crippen molar-refractivity contribution in [2.75, 3.05) is 19.4 Å². The fourth-order valence-electron chi connectivity index (χ4n) is 2.75. The maximum Gasteiger partial charge on any atom is 0.274 e. The van der Waals surface area contributed by atoms with Crippen molar-refractivity contribution in [3.8, 4) is 0 Å². The minimum Gasteiger partial charge on any atom is -0.355 e. The molecular formula is C18H17BrClN5O2. The average Bonchev–Trinajstić information content (AvgIpc) is 3.03. The lowest BCUT2D eigenvalue weighted by atomic mass is 10.1. The summed E-state index contributed by atoms with van der Waals surface area (Å²) in [6, 6.07) is 8.39. The first-order chi connectivity index (χ1) is 12.9. The van der Waals surface area contributed by atoms with Gasteiger partial charge >= 0.3 is 0 Å². The van der Waals surface area contributed by atoms with E-state index in [9.17, 15) is 9.59 Å². The molecule has 1 aromatic heterocycles. The van der Waals surface area contributed by atoms with Crippen molar-refractivity contribution in [1.82, 2.24) is 20.0 Å². The van der Waals surface area contributed by atoms with E-state index < -0.39 is 12.1 Å². The van der Waals surface area contributed by atoms with Crippen LogP contribution in [0.3, 0.4) is 0 Å². The van der Waals surface area contributed by atoms with E-state index in [4.69, 9.17) is 11.6 Å². The van der Waals surface area contributed by atoms with Crippen molar-refractivity contribution < 1.29 is 9.59 Å². The Bertz CT molecular complexity index is 953. The number of nitrogens with zero attached hydrogens (tertiary/aromatic N) is 3. The molecule has 3 rings (SSSR count). The second-order valence-corrected chi connectivity index (χ2v) is 7.06. The quantitative estimate of drug-likeness (QED) is 0.749. The Kier molecular flexibility index (Phi) is 5.67. The maximum absolute atomic E-state index is 12.9. The lowest BCUT2D eigenvalue weighted by Crippen LogP contribution is -2.31. The second-order valence-electron chi connectivity index (χ2n) is 5.81. The molecule has 1 aliphatic rings. The number of anilines is 1. The van der Waals surface area contributed by atoms with Crippen molar-refractivity contribution in [3.63, 3.8) is 0 Å². The summed E-state index contributed by atoms with van der Waals surface area (Å²) in [5.74, 6) is -0.694. The van der Waals surface area contributed by atoms with Crippen molar-refractivity contribution in [2.24, 2.45) is 0 Å². The number of likely N-dealkylation sites (N-methyl/N-ethyl adjacent to an activating group) is 1. The molecule has 9 heteroatoms. The highest BCUT2D eigenvalue weighted by Crippen LogP contribution is 2.30. The Labute approximate surface area is 169 Å². The van der Waals surface area contributed by atoms with E-state index >= 15 is 0 Å². The highest BCUT2D eigenvalue weighted by Gasteiger charge is 2.27. The van der Waals surface area contributed by atoms with Crippen LogP contribution in [0.25, 0.3) is 0 Å². The van der Waals surface area contributed by atoms with Crippen molar-refractivity contribution in [2.45, 2.75) is 6.17 Å². The normalized spacial score (nSPS) is 16.1. The Morgan fingerprint density at radius 2 is 2.00 bits per heavy atom. The summed E-state index contributed by atoms with van der Waals surface area (Å²) in [6.45, 7) is 0. The number of hydrogen-bond acceptors (Lipinski definition) is 4. The zero-order valence-electron chi connectivity index (χ0n) is 14.6. The molecule has 0 aliphatic carbocycles. The number of hydrogen-bond donors (Lipinski definition) is 2. The molecule has 0 saturated carbocycles. The largest absolute Gasteiger partial charge is 0.355 e. The molecule has 0 fully saturated rings. The van der Waals surface area contributed by atoms with Gasteiger partial charge in [-0.15, -0.1) is 0 Å². The van der Waals surface area contributed by atoms with Gasteiger partial charge in [0.05, 0.1) is 16.3 Å². The lowest BCUT2D eigenvalue weighted by molar-refractivity contribution is 0.0964. The standard InChI is InChI=1S/C18H17BrClN5O2/c1-21-16(26)11-6-3-4-8-13(11)22-17(27)14-10-15(19)23-25(14)18-12(20)7-5-9-24(18)2/h3-10,18H,1-2H3,(H,21,26)(H,22,27). The summed E-state index contributed by atoms with van der Waals surface area (Å²) in [4.78, 5) is 26.8. The molecule has 0 radical (unpaired) electrons. The van der Waals surface area contributed by atoms with Crippen LogP contribution in [0, 0.1) is 0 Å². The summed E-state index contributed by atoms with van der Waals surface area (Å²) in [7, 11) is 3.38. The second kappa shape index (κ2) is 7.98. The third-order valence-electron chi connectivity index (χ3n) is 4.03. The van der Waals surface area contributed by atoms with Crippen molar-refractivity contribution in [1.29, 1.82) is 0 Å². The van der Waals surface area contributed by atoms with Crippen LogP contribution in [0.1, 0.15) is 27.0 Å². The van der Waals surface area contributed by atoms with Crippen LogP contribution in [0.5, 0.6) is 0 Å². The van der Waals surface area contributed by atoms with Gasteiger partial charge in [0, 0.05) is 26.4 Å². The van der Waals surface area contributed by atoms with Gasteiger partial charge < -0.3 is 15.5 Å². The summed E-state index contributed by atoms with van der Waals surface area (Å²) < 4.78 is 2.03. The molecule has 2 amide bonds. The molecule has 2 heterocycles. The first-order valence-electron chi connectivity index (χ1n) is 8.05. The summed E-state index contributed by atoms with van der Waals surface area (Å²) >= 11 is 9.67. The number of allylic oxidation sites excluding steroid dienone is 2. The number of benzene rings is 1. The predicted octanol–water partition coefficient (Wildman–Crippen LogP) is 3.34. The summed E-state index contributed by atoms with van der Waals surface area (Å²) in [5.41, 5.74) is 1.07. The fourth-order valence-corrected chi connectivity index (χ4v) is 3.46. The third kappa shape index (κ3) is 3.91. The lowest BCUT2D eigenvalue weighted by Gasteiger charge is -2.30. The number of rotatable bonds is 4. The topological polar surface area (TPSA) is 79.3 Å². The smallest absolute Gasteiger partial charge is 0.274 e. The molecule has 1 aliphatic heterocycles. The number of carbonyl (C=O) groups excluding carboxylic acids is 2. The third-order valence-corrected chi connectivity index (χ3v) is 4.73. The van der Waals surface area contributed by atoms with Crippen LogP contribution in [0.4, 0.5) is 5.69 Å². The van der Waals surface area contributed by atoms with E-state index in [0.717, 1.165) is 0 Å².